The van der Waals surface area contributed by atoms with Gasteiger partial charge in [0.15, 0.2) is 0 Å². The van der Waals surface area contributed by atoms with E-state index in [0.717, 1.165) is 36.6 Å². The van der Waals surface area contributed by atoms with E-state index in [1.165, 1.54) is 18.6 Å². The molecule has 1 aromatic rings. The van der Waals surface area contributed by atoms with E-state index in [0.29, 0.717) is 32.4 Å². The van der Waals surface area contributed by atoms with Crippen molar-refractivity contribution in [1.82, 2.24) is 4.90 Å². The molecular formula is C24H32F3N3O3. The Bertz CT molecular complexity index is 901. The number of alkyl halides is 3. The molecule has 0 aromatic heterocycles. The van der Waals surface area contributed by atoms with Crippen LogP contribution in [0, 0.1) is 5.41 Å². The Hall–Kier alpha value is -2.45. The molecule has 2 heterocycles. The normalized spacial score (nSPS) is 24.5. The third-order valence-electron chi connectivity index (χ3n) is 7.62. The van der Waals surface area contributed by atoms with Crippen LogP contribution in [0.2, 0.25) is 0 Å². The van der Waals surface area contributed by atoms with Gasteiger partial charge in [0, 0.05) is 43.6 Å². The van der Waals surface area contributed by atoms with Gasteiger partial charge in [0.05, 0.1) is 11.0 Å². The number of rotatable bonds is 4. The highest BCUT2D eigenvalue weighted by Crippen LogP contribution is 2.46. The highest BCUT2D eigenvalue weighted by molar-refractivity contribution is 5.88. The van der Waals surface area contributed by atoms with Crippen molar-refractivity contribution in [1.29, 1.82) is 0 Å². The van der Waals surface area contributed by atoms with Gasteiger partial charge in [-0.1, -0.05) is 19.3 Å². The van der Waals surface area contributed by atoms with E-state index in [1.54, 1.807) is 11.8 Å². The van der Waals surface area contributed by atoms with E-state index < -0.39 is 23.2 Å². The van der Waals surface area contributed by atoms with Gasteiger partial charge < -0.3 is 14.9 Å². The summed E-state index contributed by atoms with van der Waals surface area (Å²) in [6.45, 7) is 3.02. The van der Waals surface area contributed by atoms with Gasteiger partial charge in [-0.15, -0.1) is 0 Å². The number of amides is 2. The number of carbonyl (C=O) groups is 2. The SMILES string of the molecule is CCN(C(=O)O)c1ccc(N2CCC[C@]3(CCN(C4CCCCC4)C3=O)C2)c(C(F)(F)F)c1. The van der Waals surface area contributed by atoms with Gasteiger partial charge in [0.1, 0.15) is 0 Å². The summed E-state index contributed by atoms with van der Waals surface area (Å²) in [6, 6.07) is 3.97. The third kappa shape index (κ3) is 4.51. The fourth-order valence-corrected chi connectivity index (χ4v) is 5.93. The van der Waals surface area contributed by atoms with Crippen LogP contribution in [0.15, 0.2) is 18.2 Å². The first-order valence-corrected chi connectivity index (χ1v) is 11.9. The Balaban J connectivity index is 1.61. The molecule has 6 nitrogen and oxygen atoms in total. The topological polar surface area (TPSA) is 64.1 Å². The molecule has 1 N–H and O–H groups in total. The van der Waals surface area contributed by atoms with Gasteiger partial charge in [-0.25, -0.2) is 4.79 Å². The van der Waals surface area contributed by atoms with Crippen LogP contribution in [0.1, 0.15) is 63.9 Å². The molecule has 2 amide bonds. The average molecular weight is 468 g/mol. The monoisotopic (exact) mass is 467 g/mol. The summed E-state index contributed by atoms with van der Waals surface area (Å²) in [5.41, 5.74) is -1.47. The predicted molar refractivity (Wildman–Crippen MR) is 120 cm³/mol. The molecule has 1 atom stereocenters. The molecule has 0 bridgehead atoms. The molecule has 1 saturated carbocycles. The lowest BCUT2D eigenvalue weighted by molar-refractivity contribution is -0.139. The number of hydrogen-bond acceptors (Lipinski definition) is 3. The lowest BCUT2D eigenvalue weighted by Crippen LogP contribution is -2.50. The standard InChI is InChI=1S/C24H32F3N3O3/c1-2-29(22(32)33)18-9-10-20(19(15-18)24(25,26)27)28-13-6-11-23(16-28)12-14-30(21(23)31)17-7-4-3-5-8-17/h9-10,15,17H,2-8,11-14,16H2,1H3,(H,32,33)/t23-/m0/s1. The molecule has 0 radical (unpaired) electrons. The van der Waals surface area contributed by atoms with Crippen molar-refractivity contribution in [2.24, 2.45) is 5.41 Å². The van der Waals surface area contributed by atoms with E-state index in [2.05, 4.69) is 0 Å². The van der Waals surface area contributed by atoms with Crippen LogP contribution < -0.4 is 9.80 Å². The van der Waals surface area contributed by atoms with Gasteiger partial charge in [-0.2, -0.15) is 13.2 Å². The Morgan fingerprint density at radius 3 is 2.52 bits per heavy atom. The van der Waals surface area contributed by atoms with Crippen molar-refractivity contribution >= 4 is 23.4 Å². The molecule has 1 aromatic carbocycles. The number of piperidine rings is 1. The Morgan fingerprint density at radius 1 is 1.15 bits per heavy atom. The van der Waals surface area contributed by atoms with Crippen LogP contribution in [0.3, 0.4) is 0 Å². The predicted octanol–water partition coefficient (Wildman–Crippen LogP) is 5.36. The first-order chi connectivity index (χ1) is 15.7. The summed E-state index contributed by atoms with van der Waals surface area (Å²) in [4.78, 5) is 29.5. The zero-order chi connectivity index (χ0) is 23.8. The lowest BCUT2D eigenvalue weighted by atomic mass is 9.78. The second-order valence-electron chi connectivity index (χ2n) is 9.57. The molecule has 3 fully saturated rings. The van der Waals surface area contributed by atoms with Crippen LogP contribution in [0.25, 0.3) is 0 Å². The number of carbonyl (C=O) groups excluding carboxylic acids is 1. The molecule has 3 aliphatic rings. The summed E-state index contributed by atoms with van der Waals surface area (Å²) >= 11 is 0. The van der Waals surface area contributed by atoms with Gasteiger partial charge in [-0.3, -0.25) is 9.69 Å². The van der Waals surface area contributed by atoms with Crippen LogP contribution >= 0.6 is 0 Å². The summed E-state index contributed by atoms with van der Waals surface area (Å²) in [5, 5.41) is 9.33. The largest absolute Gasteiger partial charge is 0.465 e. The maximum atomic E-state index is 14.0. The van der Waals surface area contributed by atoms with Crippen LogP contribution in [0.4, 0.5) is 29.3 Å². The van der Waals surface area contributed by atoms with E-state index in [4.69, 9.17) is 0 Å². The molecular weight excluding hydrogens is 435 g/mol. The quantitative estimate of drug-likeness (QED) is 0.647. The minimum absolute atomic E-state index is 0.00628. The highest BCUT2D eigenvalue weighted by Gasteiger charge is 2.51. The van der Waals surface area contributed by atoms with E-state index in [-0.39, 0.29) is 36.4 Å². The number of nitrogens with zero attached hydrogens (tertiary/aromatic N) is 3. The van der Waals surface area contributed by atoms with Crippen molar-refractivity contribution in [3.8, 4) is 0 Å². The Morgan fingerprint density at radius 2 is 1.88 bits per heavy atom. The van der Waals surface area contributed by atoms with Crippen molar-refractivity contribution in [3.63, 3.8) is 0 Å². The second kappa shape index (κ2) is 9.06. The number of anilines is 2. The Kier molecular flexibility index (Phi) is 6.51. The summed E-state index contributed by atoms with van der Waals surface area (Å²) in [5.74, 6) is 0.104. The molecule has 33 heavy (non-hydrogen) atoms. The first-order valence-electron chi connectivity index (χ1n) is 11.9. The minimum atomic E-state index is -4.64. The molecule has 4 rings (SSSR count). The van der Waals surface area contributed by atoms with Gasteiger partial charge in [0.25, 0.3) is 0 Å². The molecule has 2 aliphatic heterocycles. The fourth-order valence-electron chi connectivity index (χ4n) is 5.93. The second-order valence-corrected chi connectivity index (χ2v) is 9.57. The smallest absolute Gasteiger partial charge is 0.418 e. The number of hydrogen-bond donors (Lipinski definition) is 1. The average Bonchev–Trinajstić information content (AvgIpc) is 3.09. The maximum Gasteiger partial charge on any atom is 0.418 e. The van der Waals surface area contributed by atoms with Gasteiger partial charge in [0.2, 0.25) is 5.91 Å². The molecule has 2 saturated heterocycles. The molecule has 1 spiro atoms. The van der Waals surface area contributed by atoms with E-state index in [1.807, 2.05) is 4.90 Å². The zero-order valence-electron chi connectivity index (χ0n) is 19.0. The van der Waals surface area contributed by atoms with Crippen LogP contribution in [-0.2, 0) is 11.0 Å². The molecule has 9 heteroatoms. The Labute approximate surface area is 192 Å². The van der Waals surface area contributed by atoms with Gasteiger partial charge in [-0.05, 0) is 57.2 Å². The number of benzene rings is 1. The van der Waals surface area contributed by atoms with E-state index >= 15 is 0 Å². The lowest BCUT2D eigenvalue weighted by Gasteiger charge is -2.42. The summed E-state index contributed by atoms with van der Waals surface area (Å²) in [6.07, 6.45) is 1.58. The van der Waals surface area contributed by atoms with Crippen molar-refractivity contribution in [3.05, 3.63) is 23.8 Å². The van der Waals surface area contributed by atoms with Crippen LogP contribution in [0.5, 0.6) is 0 Å². The van der Waals surface area contributed by atoms with E-state index in [9.17, 15) is 27.9 Å². The van der Waals surface area contributed by atoms with Gasteiger partial charge >= 0.3 is 12.3 Å². The minimum Gasteiger partial charge on any atom is -0.465 e. The fraction of sp³-hybridized carbons (Fsp3) is 0.667. The summed E-state index contributed by atoms with van der Waals surface area (Å²) < 4.78 is 42.1. The zero-order valence-corrected chi connectivity index (χ0v) is 19.0. The van der Waals surface area contributed by atoms with Crippen LogP contribution in [-0.4, -0.2) is 54.2 Å². The van der Waals surface area contributed by atoms with Crippen molar-refractivity contribution in [2.45, 2.75) is 70.5 Å². The maximum absolute atomic E-state index is 14.0. The number of halogens is 3. The highest BCUT2D eigenvalue weighted by atomic mass is 19.4. The van der Waals surface area contributed by atoms with Crippen molar-refractivity contribution in [2.75, 3.05) is 36.0 Å². The molecule has 1 aliphatic carbocycles. The number of carboxylic acid groups (broad SMARTS) is 1. The van der Waals surface area contributed by atoms with Crippen molar-refractivity contribution < 1.29 is 27.9 Å². The molecule has 0 unspecified atom stereocenters. The first kappa shape index (κ1) is 23.7. The molecule has 182 valence electrons. The number of likely N-dealkylation sites (tertiary alicyclic amines) is 1. The summed E-state index contributed by atoms with van der Waals surface area (Å²) in [7, 11) is 0. The third-order valence-corrected chi connectivity index (χ3v) is 7.62.